The summed E-state index contributed by atoms with van der Waals surface area (Å²) in [5.74, 6) is 0. The molecule has 0 fully saturated rings. The van der Waals surface area contributed by atoms with Crippen molar-refractivity contribution in [1.29, 1.82) is 0 Å². The van der Waals surface area contributed by atoms with Crippen molar-refractivity contribution in [2.24, 2.45) is 0 Å². The largest absolute Gasteiger partial charge is 0.399 e. The number of nitrogens with zero attached hydrogens (tertiary/aromatic N) is 1. The van der Waals surface area contributed by atoms with Crippen molar-refractivity contribution in [2.75, 3.05) is 5.73 Å². The van der Waals surface area contributed by atoms with Crippen LogP contribution in [-0.2, 0) is 0 Å². The van der Waals surface area contributed by atoms with Crippen LogP contribution in [0.1, 0.15) is 0 Å². The molecule has 0 amide bonds. The van der Waals surface area contributed by atoms with E-state index < -0.39 is 0 Å². The second kappa shape index (κ2) is 2.36. The Balaban J connectivity index is 2.91. The number of nitrogen functional groups attached to an aromatic ring is 1. The van der Waals surface area contributed by atoms with Crippen LogP contribution in [0.4, 0.5) is 5.69 Å². The highest BCUT2D eigenvalue weighted by Crippen LogP contribution is 2.28. The second-order valence-corrected chi connectivity index (χ2v) is 3.46. The van der Waals surface area contributed by atoms with Gasteiger partial charge in [-0.25, -0.2) is 0 Å². The SMILES string of the molecule is Nc1cc(Cl)c2sncc2c1. The first kappa shape index (κ1) is 6.88. The van der Waals surface area contributed by atoms with E-state index in [4.69, 9.17) is 17.3 Å². The van der Waals surface area contributed by atoms with Gasteiger partial charge in [0.2, 0.25) is 0 Å². The maximum absolute atomic E-state index is 5.89. The maximum atomic E-state index is 5.89. The van der Waals surface area contributed by atoms with Crippen LogP contribution in [0.5, 0.6) is 0 Å². The maximum Gasteiger partial charge on any atom is 0.0737 e. The standard InChI is InChI=1S/C7H5ClN2S/c8-6-2-5(9)1-4-3-10-11-7(4)6/h1-3H,9H2. The molecule has 2 aromatic rings. The van der Waals surface area contributed by atoms with Crippen LogP contribution in [0.3, 0.4) is 0 Å². The van der Waals surface area contributed by atoms with Crippen molar-refractivity contribution in [3.05, 3.63) is 23.4 Å². The average molecular weight is 185 g/mol. The zero-order chi connectivity index (χ0) is 7.84. The summed E-state index contributed by atoms with van der Waals surface area (Å²) in [4.78, 5) is 0. The molecule has 2 nitrogen and oxygen atoms in total. The van der Waals surface area contributed by atoms with Crippen molar-refractivity contribution in [2.45, 2.75) is 0 Å². The van der Waals surface area contributed by atoms with E-state index in [1.165, 1.54) is 11.5 Å². The average Bonchev–Trinajstić information content (AvgIpc) is 2.34. The fraction of sp³-hybridized carbons (Fsp3) is 0. The van der Waals surface area contributed by atoms with Gasteiger partial charge in [0, 0.05) is 17.3 Å². The molecule has 0 unspecified atom stereocenters. The van der Waals surface area contributed by atoms with Crippen LogP contribution < -0.4 is 5.73 Å². The summed E-state index contributed by atoms with van der Waals surface area (Å²) in [6.07, 6.45) is 1.77. The molecule has 1 heterocycles. The Kier molecular flexibility index (Phi) is 1.47. The van der Waals surface area contributed by atoms with Gasteiger partial charge in [0.25, 0.3) is 0 Å². The lowest BCUT2D eigenvalue weighted by molar-refractivity contribution is 1.60. The van der Waals surface area contributed by atoms with Gasteiger partial charge in [-0.3, -0.25) is 0 Å². The van der Waals surface area contributed by atoms with Gasteiger partial charge in [0.15, 0.2) is 0 Å². The van der Waals surface area contributed by atoms with E-state index in [9.17, 15) is 0 Å². The van der Waals surface area contributed by atoms with Crippen molar-refractivity contribution >= 4 is 38.9 Å². The van der Waals surface area contributed by atoms with Gasteiger partial charge in [0.05, 0.1) is 9.72 Å². The fourth-order valence-electron chi connectivity index (χ4n) is 0.965. The van der Waals surface area contributed by atoms with Crippen molar-refractivity contribution < 1.29 is 0 Å². The molecule has 56 valence electrons. The molecule has 0 saturated carbocycles. The number of nitrogens with two attached hydrogens (primary N) is 1. The molecule has 1 aromatic carbocycles. The molecule has 0 atom stereocenters. The Morgan fingerprint density at radius 2 is 2.27 bits per heavy atom. The minimum Gasteiger partial charge on any atom is -0.399 e. The van der Waals surface area contributed by atoms with Gasteiger partial charge < -0.3 is 5.73 Å². The van der Waals surface area contributed by atoms with E-state index in [2.05, 4.69) is 4.37 Å². The summed E-state index contributed by atoms with van der Waals surface area (Å²) in [5.41, 5.74) is 6.26. The predicted octanol–water partition coefficient (Wildman–Crippen LogP) is 2.53. The molecular formula is C7H5ClN2S. The molecule has 0 radical (unpaired) electrons. The molecule has 0 saturated heterocycles. The molecular weight excluding hydrogens is 180 g/mol. The number of anilines is 1. The fourth-order valence-corrected chi connectivity index (χ4v) is 1.94. The van der Waals surface area contributed by atoms with Crippen LogP contribution >= 0.6 is 23.1 Å². The lowest BCUT2D eigenvalue weighted by Crippen LogP contribution is -1.82. The van der Waals surface area contributed by atoms with E-state index in [1.807, 2.05) is 6.07 Å². The Hall–Kier alpha value is -0.800. The number of hydrogen-bond donors (Lipinski definition) is 1. The lowest BCUT2D eigenvalue weighted by atomic mass is 10.2. The van der Waals surface area contributed by atoms with Gasteiger partial charge in [-0.2, -0.15) is 4.37 Å². The highest BCUT2D eigenvalue weighted by atomic mass is 35.5. The summed E-state index contributed by atoms with van der Waals surface area (Å²) >= 11 is 7.28. The molecule has 0 spiro atoms. The number of benzene rings is 1. The number of hydrogen-bond acceptors (Lipinski definition) is 3. The third-order valence-corrected chi connectivity index (χ3v) is 2.69. The zero-order valence-electron chi connectivity index (χ0n) is 5.54. The van der Waals surface area contributed by atoms with Gasteiger partial charge >= 0.3 is 0 Å². The summed E-state index contributed by atoms with van der Waals surface area (Å²) in [5, 5.41) is 1.70. The van der Waals surface area contributed by atoms with E-state index in [0.717, 1.165) is 10.1 Å². The van der Waals surface area contributed by atoms with Gasteiger partial charge in [-0.1, -0.05) is 11.6 Å². The van der Waals surface area contributed by atoms with Crippen molar-refractivity contribution in [3.8, 4) is 0 Å². The number of halogens is 1. The third-order valence-electron chi connectivity index (χ3n) is 1.43. The number of fused-ring (bicyclic) bond motifs is 1. The molecule has 11 heavy (non-hydrogen) atoms. The second-order valence-electron chi connectivity index (χ2n) is 2.25. The molecule has 2 rings (SSSR count). The summed E-state index contributed by atoms with van der Waals surface area (Å²) in [7, 11) is 0. The lowest BCUT2D eigenvalue weighted by Gasteiger charge is -1.94. The molecule has 2 N–H and O–H groups in total. The molecule has 0 aliphatic carbocycles. The Bertz CT molecular complexity index is 396. The highest BCUT2D eigenvalue weighted by molar-refractivity contribution is 7.14. The van der Waals surface area contributed by atoms with Crippen LogP contribution in [-0.4, -0.2) is 4.37 Å². The van der Waals surface area contributed by atoms with Crippen LogP contribution in [0.25, 0.3) is 10.1 Å². The molecule has 0 bridgehead atoms. The Morgan fingerprint density at radius 3 is 3.09 bits per heavy atom. The first-order valence-electron chi connectivity index (χ1n) is 3.07. The minimum absolute atomic E-state index is 0.683. The smallest absolute Gasteiger partial charge is 0.0737 e. The summed E-state index contributed by atoms with van der Waals surface area (Å²) in [6, 6.07) is 3.60. The van der Waals surface area contributed by atoms with E-state index in [1.54, 1.807) is 12.3 Å². The number of rotatable bonds is 0. The van der Waals surface area contributed by atoms with Crippen LogP contribution in [0.2, 0.25) is 5.02 Å². The molecule has 0 aliphatic rings. The van der Waals surface area contributed by atoms with E-state index >= 15 is 0 Å². The van der Waals surface area contributed by atoms with Gasteiger partial charge in [0.1, 0.15) is 0 Å². The Labute approximate surface area is 72.8 Å². The van der Waals surface area contributed by atoms with Gasteiger partial charge in [-0.15, -0.1) is 0 Å². The summed E-state index contributed by atoms with van der Waals surface area (Å²) in [6.45, 7) is 0. The first-order chi connectivity index (χ1) is 5.27. The predicted molar refractivity (Wildman–Crippen MR) is 49.0 cm³/mol. The Morgan fingerprint density at radius 1 is 1.45 bits per heavy atom. The normalized spacial score (nSPS) is 10.6. The monoisotopic (exact) mass is 184 g/mol. The van der Waals surface area contributed by atoms with E-state index in [-0.39, 0.29) is 0 Å². The van der Waals surface area contributed by atoms with Crippen molar-refractivity contribution in [3.63, 3.8) is 0 Å². The highest BCUT2D eigenvalue weighted by Gasteiger charge is 2.01. The quantitative estimate of drug-likeness (QED) is 0.639. The van der Waals surface area contributed by atoms with Crippen LogP contribution in [0, 0.1) is 0 Å². The molecule has 4 heteroatoms. The minimum atomic E-state index is 0.683. The zero-order valence-corrected chi connectivity index (χ0v) is 7.12. The third kappa shape index (κ3) is 1.06. The summed E-state index contributed by atoms with van der Waals surface area (Å²) < 4.78 is 5.01. The van der Waals surface area contributed by atoms with Gasteiger partial charge in [-0.05, 0) is 23.7 Å². The van der Waals surface area contributed by atoms with E-state index in [0.29, 0.717) is 10.7 Å². The molecule has 0 aliphatic heterocycles. The van der Waals surface area contributed by atoms with Crippen LogP contribution in [0.15, 0.2) is 18.3 Å². The molecule has 1 aromatic heterocycles. The topological polar surface area (TPSA) is 38.9 Å². The first-order valence-corrected chi connectivity index (χ1v) is 4.22. The van der Waals surface area contributed by atoms with Crippen molar-refractivity contribution in [1.82, 2.24) is 4.37 Å². The number of aromatic nitrogens is 1.